The first-order chi connectivity index (χ1) is 25.3. The van der Waals surface area contributed by atoms with E-state index in [1.807, 2.05) is 12.4 Å². The summed E-state index contributed by atoms with van der Waals surface area (Å²) in [5.74, 6) is 2.30. The second-order valence-corrected chi connectivity index (χ2v) is 17.2. The molecule has 0 fully saturated rings. The molecule has 0 spiro atoms. The van der Waals surface area contributed by atoms with Crippen molar-refractivity contribution in [1.82, 2.24) is 23.7 Å². The Bertz CT molecular complexity index is 2830. The summed E-state index contributed by atoms with van der Waals surface area (Å²) in [6.07, 6.45) is 5.59. The average Bonchev–Trinajstić information content (AvgIpc) is 3.64. The number of hydrogen-bond donors (Lipinski definition) is 0. The van der Waals surface area contributed by atoms with E-state index in [0.717, 1.165) is 48.8 Å². The molecule has 8 aromatic rings. The van der Waals surface area contributed by atoms with Crippen LogP contribution in [0.5, 0.6) is 11.5 Å². The third kappa shape index (κ3) is 4.91. The average molecular weight is 877 g/mol. The van der Waals surface area contributed by atoms with Gasteiger partial charge in [0.25, 0.3) is 0 Å². The molecule has 0 N–H and O–H groups in total. The van der Waals surface area contributed by atoms with Crippen LogP contribution in [0.3, 0.4) is 0 Å². The Morgan fingerprint density at radius 1 is 0.566 bits per heavy atom. The van der Waals surface area contributed by atoms with Gasteiger partial charge in [-0.2, -0.15) is 0 Å². The van der Waals surface area contributed by atoms with Crippen LogP contribution in [-0.4, -0.2) is 23.7 Å². The molecule has 0 bridgehead atoms. The molecule has 268 valence electrons. The number of fused-ring (bicyclic) bond motifs is 5. The Morgan fingerprint density at radius 3 is 1.92 bits per heavy atom. The summed E-state index contributed by atoms with van der Waals surface area (Å²) >= 11 is 2.42. The summed E-state index contributed by atoms with van der Waals surface area (Å²) in [7, 11) is 0. The molecule has 4 aromatic heterocycles. The van der Waals surface area contributed by atoms with Gasteiger partial charge < -0.3 is 0 Å². The van der Waals surface area contributed by atoms with Crippen molar-refractivity contribution >= 4 is 32.8 Å². The van der Waals surface area contributed by atoms with Crippen LogP contribution in [0.2, 0.25) is 0 Å². The van der Waals surface area contributed by atoms with Gasteiger partial charge in [-0.25, -0.2) is 0 Å². The Hall–Kier alpha value is -5.06. The van der Waals surface area contributed by atoms with Gasteiger partial charge in [-0.3, -0.25) is 0 Å². The first-order valence-electron chi connectivity index (χ1n) is 18.2. The molecular formula is C46H43N5OPt. The zero-order chi connectivity index (χ0) is 37.0. The van der Waals surface area contributed by atoms with Crippen LogP contribution in [0.1, 0.15) is 63.8 Å². The van der Waals surface area contributed by atoms with Crippen molar-refractivity contribution in [3.05, 3.63) is 142 Å². The van der Waals surface area contributed by atoms with E-state index in [-0.39, 0.29) is 16.2 Å². The monoisotopic (exact) mass is 876 g/mol. The number of pyridine rings is 2. The number of ether oxygens (including phenoxy) is 1. The number of rotatable bonds is 5. The molecule has 0 aliphatic heterocycles. The second-order valence-electron chi connectivity index (χ2n) is 16.2. The van der Waals surface area contributed by atoms with Crippen LogP contribution in [0, 0.1) is 23.1 Å². The number of imidazole rings is 1. The van der Waals surface area contributed by atoms with Crippen LogP contribution in [0.15, 0.2) is 116 Å². The summed E-state index contributed by atoms with van der Waals surface area (Å²) in [4.78, 5) is 9.57. The molecule has 4 aromatic carbocycles. The molecule has 7 heteroatoms. The summed E-state index contributed by atoms with van der Waals surface area (Å²) in [5, 5.41) is 2.41. The SMILES string of the molecule is Cc1ccc(-n2[c](=[Pt])n(-c3cncc(Oc4ccc5c6cc7c(cc6n(-c6cc(C)ccn6)c5c4)C(C)(C)C(C)(C)C7(C)C)c3)c3ccccc32)cc1. The van der Waals surface area contributed by atoms with Gasteiger partial charge in [-0.1, -0.05) is 41.5 Å². The Kier molecular flexibility index (Phi) is 7.46. The number of benzene rings is 4. The molecule has 0 unspecified atom stereocenters. The van der Waals surface area contributed by atoms with Crippen LogP contribution in [-0.2, 0) is 30.2 Å². The first-order valence-corrected chi connectivity index (χ1v) is 19.4. The minimum atomic E-state index is -0.0179. The van der Waals surface area contributed by atoms with E-state index in [0.29, 0.717) is 5.75 Å². The predicted molar refractivity (Wildman–Crippen MR) is 212 cm³/mol. The van der Waals surface area contributed by atoms with E-state index < -0.39 is 0 Å². The van der Waals surface area contributed by atoms with E-state index in [1.54, 1.807) is 6.20 Å². The summed E-state index contributed by atoms with van der Waals surface area (Å²) in [5.41, 5.74) is 11.8. The number of aromatic nitrogens is 5. The zero-order valence-electron chi connectivity index (χ0n) is 31.4. The molecule has 0 atom stereocenters. The van der Waals surface area contributed by atoms with E-state index in [2.05, 4.69) is 190 Å². The molecule has 0 amide bonds. The van der Waals surface area contributed by atoms with Crippen molar-refractivity contribution in [1.29, 1.82) is 0 Å². The Morgan fingerprint density at radius 2 is 1.23 bits per heavy atom. The molecule has 4 heterocycles. The standard InChI is InChI=1S/C46H43N5O.Pt/c1-29-13-15-31(16-14-29)49-28-50(40-12-10-9-11-39(40)49)32-22-34(27-47-26-32)52-33-17-18-35-36-24-37-38(45(5,6)46(7,8)44(37,3)4)25-42(36)51(41(35)23-33)43-21-30(2)19-20-48-43;/h9-27H,1-8H3;. The van der Waals surface area contributed by atoms with Gasteiger partial charge in [0.1, 0.15) is 0 Å². The van der Waals surface area contributed by atoms with Crippen LogP contribution >= 0.6 is 0 Å². The molecule has 9 rings (SSSR count). The van der Waals surface area contributed by atoms with Gasteiger partial charge in [0.2, 0.25) is 0 Å². The van der Waals surface area contributed by atoms with Crippen LogP contribution < -0.4 is 4.74 Å². The van der Waals surface area contributed by atoms with Crippen LogP contribution in [0.25, 0.3) is 50.0 Å². The minimum absolute atomic E-state index is 0.000587. The topological polar surface area (TPSA) is 49.8 Å². The number of aryl methyl sites for hydroxylation is 2. The normalized spacial score (nSPS) is 15.7. The Balaban J connectivity index is 1.18. The van der Waals surface area contributed by atoms with Crippen LogP contribution in [0.4, 0.5) is 0 Å². The van der Waals surface area contributed by atoms with Gasteiger partial charge in [-0.05, 0) is 45.9 Å². The van der Waals surface area contributed by atoms with E-state index >= 15 is 0 Å². The number of nitrogens with zero attached hydrogens (tertiary/aromatic N) is 5. The predicted octanol–water partition coefficient (Wildman–Crippen LogP) is 11.4. The van der Waals surface area contributed by atoms with E-state index in [9.17, 15) is 0 Å². The third-order valence-corrected chi connectivity index (χ3v) is 13.7. The van der Waals surface area contributed by atoms with Crippen molar-refractivity contribution in [3.8, 4) is 28.7 Å². The maximum atomic E-state index is 6.67. The molecule has 1 aliphatic rings. The van der Waals surface area contributed by atoms with Gasteiger partial charge >= 0.3 is 229 Å². The first kappa shape index (κ1) is 33.8. The van der Waals surface area contributed by atoms with Crippen molar-refractivity contribution < 1.29 is 24.1 Å². The van der Waals surface area contributed by atoms with Gasteiger partial charge in [-0.15, -0.1) is 0 Å². The summed E-state index contributed by atoms with van der Waals surface area (Å²) in [6.45, 7) is 18.7. The maximum absolute atomic E-state index is 6.67. The van der Waals surface area contributed by atoms with E-state index in [1.165, 1.54) is 33.0 Å². The third-order valence-electron chi connectivity index (χ3n) is 12.7. The molecule has 0 saturated heterocycles. The molecule has 1 aliphatic carbocycles. The quantitative estimate of drug-likeness (QED) is 0.173. The summed E-state index contributed by atoms with van der Waals surface area (Å²) in [6, 6.07) is 34.7. The van der Waals surface area contributed by atoms with Gasteiger partial charge in [0.05, 0.1) is 0 Å². The van der Waals surface area contributed by atoms with Gasteiger partial charge in [0, 0.05) is 6.20 Å². The van der Waals surface area contributed by atoms with Crippen molar-refractivity contribution in [2.24, 2.45) is 5.41 Å². The van der Waals surface area contributed by atoms with Crippen molar-refractivity contribution in [3.63, 3.8) is 0 Å². The molecule has 0 saturated carbocycles. The molecule has 0 radical (unpaired) electrons. The number of para-hydroxylation sites is 2. The molecular weight excluding hydrogens is 834 g/mol. The van der Waals surface area contributed by atoms with E-state index in [4.69, 9.17) is 9.72 Å². The fourth-order valence-corrected chi connectivity index (χ4v) is 9.64. The van der Waals surface area contributed by atoms with Crippen molar-refractivity contribution in [2.75, 3.05) is 0 Å². The summed E-state index contributed by atoms with van der Waals surface area (Å²) < 4.78 is 14.6. The molecule has 53 heavy (non-hydrogen) atoms. The fraction of sp³-hybridized carbons (Fsp3) is 0.239. The Labute approximate surface area is 321 Å². The molecule has 6 nitrogen and oxygen atoms in total. The zero-order valence-corrected chi connectivity index (χ0v) is 33.7. The van der Waals surface area contributed by atoms with Crippen molar-refractivity contribution in [2.45, 2.75) is 66.2 Å². The number of hydrogen-bond acceptors (Lipinski definition) is 3. The fourth-order valence-electron chi connectivity index (χ4n) is 8.50. The second kappa shape index (κ2) is 11.7. The van der Waals surface area contributed by atoms with Gasteiger partial charge in [0.15, 0.2) is 0 Å².